The van der Waals surface area contributed by atoms with E-state index in [0.717, 1.165) is 24.5 Å². The highest BCUT2D eigenvalue weighted by Crippen LogP contribution is 2.39. The average molecular weight is 426 g/mol. The van der Waals surface area contributed by atoms with Crippen LogP contribution in [0.15, 0.2) is 52.3 Å². The first kappa shape index (κ1) is 20.6. The molecule has 2 aromatic carbocycles. The molecule has 0 radical (unpaired) electrons. The molecular formula is C23H24FN3O2S. The number of carbonyl (C=O) groups is 2. The Bertz CT molecular complexity index is 986. The maximum absolute atomic E-state index is 13.9. The number of nitrogens with zero attached hydrogens (tertiary/aromatic N) is 1. The standard InChI is InChI=1S/C23H24FN3O2S/c24-18-7-3-2-6-16(18)15-21-23(29)26-19-14-17(8-9-20(19)30-21)22(28)25-10-13-27-11-4-1-5-12-27/h2-3,6-9,14-15H,1,4-5,10-13H2,(H,25,28)(H,26,29)/b21-15-. The molecule has 156 valence electrons. The molecule has 4 rings (SSSR count). The van der Waals surface area contributed by atoms with E-state index in [-0.39, 0.29) is 17.6 Å². The van der Waals surface area contributed by atoms with Gasteiger partial charge in [0.05, 0.1) is 10.6 Å². The number of thioether (sulfide) groups is 1. The van der Waals surface area contributed by atoms with Gasteiger partial charge in [-0.2, -0.15) is 0 Å². The minimum absolute atomic E-state index is 0.151. The van der Waals surface area contributed by atoms with E-state index in [2.05, 4.69) is 15.5 Å². The van der Waals surface area contributed by atoms with Gasteiger partial charge >= 0.3 is 0 Å². The van der Waals surface area contributed by atoms with Crippen LogP contribution in [0.25, 0.3) is 6.08 Å². The molecule has 2 amide bonds. The first-order chi connectivity index (χ1) is 14.6. The van der Waals surface area contributed by atoms with Crippen molar-refractivity contribution in [3.8, 4) is 0 Å². The predicted octanol–water partition coefficient (Wildman–Crippen LogP) is 4.13. The minimum Gasteiger partial charge on any atom is -0.351 e. The van der Waals surface area contributed by atoms with E-state index in [9.17, 15) is 14.0 Å². The number of rotatable bonds is 5. The fraction of sp³-hybridized carbons (Fsp3) is 0.304. The van der Waals surface area contributed by atoms with E-state index >= 15 is 0 Å². The van der Waals surface area contributed by atoms with Crippen molar-refractivity contribution in [2.45, 2.75) is 24.2 Å². The van der Waals surface area contributed by atoms with Crippen molar-refractivity contribution in [3.05, 3.63) is 64.3 Å². The molecule has 0 atom stereocenters. The SMILES string of the molecule is O=C1Nc2cc(C(=O)NCCN3CCCCC3)ccc2S/C1=C\c1ccccc1F. The smallest absolute Gasteiger partial charge is 0.262 e. The topological polar surface area (TPSA) is 61.4 Å². The molecule has 1 fully saturated rings. The van der Waals surface area contributed by atoms with Gasteiger partial charge in [0.1, 0.15) is 5.82 Å². The molecule has 2 aliphatic heterocycles. The Morgan fingerprint density at radius 2 is 1.97 bits per heavy atom. The van der Waals surface area contributed by atoms with Crippen molar-refractivity contribution >= 4 is 35.3 Å². The van der Waals surface area contributed by atoms with Gasteiger partial charge in [0, 0.05) is 29.1 Å². The van der Waals surface area contributed by atoms with E-state index in [1.165, 1.54) is 37.1 Å². The molecule has 30 heavy (non-hydrogen) atoms. The molecular weight excluding hydrogens is 401 g/mol. The Hall–Kier alpha value is -2.64. The second kappa shape index (κ2) is 9.45. The highest BCUT2D eigenvalue weighted by atomic mass is 32.2. The van der Waals surface area contributed by atoms with Crippen molar-refractivity contribution < 1.29 is 14.0 Å². The lowest BCUT2D eigenvalue weighted by Gasteiger charge is -2.26. The van der Waals surface area contributed by atoms with Gasteiger partial charge in [-0.25, -0.2) is 4.39 Å². The van der Waals surface area contributed by atoms with E-state index in [4.69, 9.17) is 0 Å². The summed E-state index contributed by atoms with van der Waals surface area (Å²) in [5.41, 5.74) is 1.47. The van der Waals surface area contributed by atoms with Crippen LogP contribution in [-0.4, -0.2) is 42.9 Å². The third-order valence-corrected chi connectivity index (χ3v) is 6.39. The number of benzene rings is 2. The Balaban J connectivity index is 1.40. The fourth-order valence-corrected chi connectivity index (χ4v) is 4.57. The lowest BCUT2D eigenvalue weighted by Crippen LogP contribution is -2.37. The summed E-state index contributed by atoms with van der Waals surface area (Å²) in [7, 11) is 0. The number of fused-ring (bicyclic) bond motifs is 1. The van der Waals surface area contributed by atoms with Crippen LogP contribution in [0.5, 0.6) is 0 Å². The Morgan fingerprint density at radius 1 is 1.17 bits per heavy atom. The first-order valence-electron chi connectivity index (χ1n) is 10.2. The van der Waals surface area contributed by atoms with Crippen molar-refractivity contribution in [2.75, 3.05) is 31.5 Å². The van der Waals surface area contributed by atoms with Crippen LogP contribution in [0.1, 0.15) is 35.2 Å². The third kappa shape index (κ3) is 4.91. The van der Waals surface area contributed by atoms with Crippen LogP contribution >= 0.6 is 11.8 Å². The summed E-state index contributed by atoms with van der Waals surface area (Å²) in [5.74, 6) is -0.832. The maximum Gasteiger partial charge on any atom is 0.262 e. The van der Waals surface area contributed by atoms with Gasteiger partial charge in [0.2, 0.25) is 0 Å². The summed E-state index contributed by atoms with van der Waals surface area (Å²) in [6.07, 6.45) is 5.28. The van der Waals surface area contributed by atoms with E-state index in [0.29, 0.717) is 28.3 Å². The van der Waals surface area contributed by atoms with Crippen LogP contribution in [0, 0.1) is 5.82 Å². The van der Waals surface area contributed by atoms with Crippen LogP contribution in [0.4, 0.5) is 10.1 Å². The zero-order valence-corrected chi connectivity index (χ0v) is 17.4. The largest absolute Gasteiger partial charge is 0.351 e. The Morgan fingerprint density at radius 3 is 2.77 bits per heavy atom. The number of amides is 2. The van der Waals surface area contributed by atoms with Gasteiger partial charge in [-0.15, -0.1) is 0 Å². The number of anilines is 1. The summed E-state index contributed by atoms with van der Waals surface area (Å²) >= 11 is 1.27. The zero-order chi connectivity index (χ0) is 20.9. The molecule has 0 spiro atoms. The highest BCUT2D eigenvalue weighted by Gasteiger charge is 2.22. The second-order valence-corrected chi connectivity index (χ2v) is 8.54. The summed E-state index contributed by atoms with van der Waals surface area (Å²) < 4.78 is 13.9. The first-order valence-corrected chi connectivity index (χ1v) is 11.0. The molecule has 1 saturated heterocycles. The van der Waals surface area contributed by atoms with Crippen molar-refractivity contribution in [1.29, 1.82) is 0 Å². The molecule has 2 N–H and O–H groups in total. The number of piperidine rings is 1. The molecule has 2 aliphatic rings. The van der Waals surface area contributed by atoms with Gasteiger partial charge in [-0.3, -0.25) is 9.59 Å². The van der Waals surface area contributed by atoms with Crippen LogP contribution in [0.3, 0.4) is 0 Å². The summed E-state index contributed by atoms with van der Waals surface area (Å²) in [6.45, 7) is 3.65. The number of nitrogens with one attached hydrogen (secondary N) is 2. The second-order valence-electron chi connectivity index (χ2n) is 7.46. The van der Waals surface area contributed by atoms with Crippen LogP contribution < -0.4 is 10.6 Å². The molecule has 2 heterocycles. The van der Waals surface area contributed by atoms with Crippen LogP contribution in [0.2, 0.25) is 0 Å². The average Bonchev–Trinajstić information content (AvgIpc) is 2.76. The van der Waals surface area contributed by atoms with Gasteiger partial charge in [0.25, 0.3) is 11.8 Å². The number of carbonyl (C=O) groups excluding carboxylic acids is 2. The van der Waals surface area contributed by atoms with Crippen molar-refractivity contribution in [1.82, 2.24) is 10.2 Å². The lowest BCUT2D eigenvalue weighted by atomic mass is 10.1. The zero-order valence-electron chi connectivity index (χ0n) is 16.6. The summed E-state index contributed by atoms with van der Waals surface area (Å²) in [4.78, 5) is 28.6. The van der Waals surface area contributed by atoms with E-state index in [1.54, 1.807) is 36.4 Å². The molecule has 7 heteroatoms. The van der Waals surface area contributed by atoms with E-state index in [1.807, 2.05) is 6.07 Å². The lowest BCUT2D eigenvalue weighted by molar-refractivity contribution is -0.112. The van der Waals surface area contributed by atoms with Gasteiger partial charge in [0.15, 0.2) is 0 Å². The number of hydrogen-bond donors (Lipinski definition) is 2. The van der Waals surface area contributed by atoms with Gasteiger partial charge in [-0.05, 0) is 56.3 Å². The number of halogens is 1. The normalized spacial score (nSPS) is 18.0. The number of likely N-dealkylation sites (tertiary alicyclic amines) is 1. The molecule has 0 bridgehead atoms. The van der Waals surface area contributed by atoms with Crippen molar-refractivity contribution in [3.63, 3.8) is 0 Å². The molecule has 0 saturated carbocycles. The predicted molar refractivity (Wildman–Crippen MR) is 118 cm³/mol. The van der Waals surface area contributed by atoms with Crippen molar-refractivity contribution in [2.24, 2.45) is 0 Å². The fourth-order valence-electron chi connectivity index (χ4n) is 3.65. The minimum atomic E-state index is -0.374. The molecule has 0 aromatic heterocycles. The molecule has 2 aromatic rings. The molecule has 0 aliphatic carbocycles. The Kier molecular flexibility index (Phi) is 6.50. The monoisotopic (exact) mass is 425 g/mol. The Labute approximate surface area is 179 Å². The van der Waals surface area contributed by atoms with Crippen LogP contribution in [-0.2, 0) is 4.79 Å². The van der Waals surface area contributed by atoms with E-state index < -0.39 is 0 Å². The maximum atomic E-state index is 13.9. The molecule has 5 nitrogen and oxygen atoms in total. The summed E-state index contributed by atoms with van der Waals surface area (Å²) in [6, 6.07) is 11.6. The number of hydrogen-bond acceptors (Lipinski definition) is 4. The highest BCUT2D eigenvalue weighted by molar-refractivity contribution is 8.04. The van der Waals surface area contributed by atoms with Gasteiger partial charge in [-0.1, -0.05) is 36.4 Å². The van der Waals surface area contributed by atoms with Gasteiger partial charge < -0.3 is 15.5 Å². The molecule has 0 unspecified atom stereocenters. The third-order valence-electron chi connectivity index (χ3n) is 5.29. The quantitative estimate of drug-likeness (QED) is 0.708. The summed E-state index contributed by atoms with van der Waals surface area (Å²) in [5, 5.41) is 5.77.